The maximum atomic E-state index is 11.6. The van der Waals surface area contributed by atoms with E-state index < -0.39 is 0 Å². The number of piperidine rings is 1. The molecule has 100 valence electrons. The van der Waals surface area contributed by atoms with Crippen molar-refractivity contribution in [1.29, 1.82) is 0 Å². The zero-order valence-electron chi connectivity index (χ0n) is 11.7. The van der Waals surface area contributed by atoms with Gasteiger partial charge >= 0.3 is 0 Å². The molecule has 1 rings (SSSR count). The number of amides is 1. The van der Waals surface area contributed by atoms with Crippen molar-refractivity contribution in [3.63, 3.8) is 0 Å². The van der Waals surface area contributed by atoms with Crippen LogP contribution in [0.2, 0.25) is 0 Å². The van der Waals surface area contributed by atoms with E-state index >= 15 is 0 Å². The standard InChI is InChI=1S/C13H27N3O/c1-13(2,3)15-7-9-16-8-5-6-11(10-16)12(17)14-4/h11,15H,5-10H2,1-4H3,(H,14,17). The van der Waals surface area contributed by atoms with Crippen LogP contribution in [0.4, 0.5) is 0 Å². The highest BCUT2D eigenvalue weighted by Crippen LogP contribution is 2.16. The highest BCUT2D eigenvalue weighted by atomic mass is 16.1. The summed E-state index contributed by atoms with van der Waals surface area (Å²) in [6.45, 7) is 10.6. The average Bonchev–Trinajstić information content (AvgIpc) is 2.27. The summed E-state index contributed by atoms with van der Waals surface area (Å²) < 4.78 is 0. The van der Waals surface area contributed by atoms with Gasteiger partial charge in [-0.2, -0.15) is 0 Å². The normalized spacial score (nSPS) is 22.5. The number of nitrogens with zero attached hydrogens (tertiary/aromatic N) is 1. The second-order valence-corrected chi connectivity index (χ2v) is 5.93. The molecular formula is C13H27N3O. The van der Waals surface area contributed by atoms with Crippen LogP contribution >= 0.6 is 0 Å². The lowest BCUT2D eigenvalue weighted by Gasteiger charge is -2.32. The first-order valence-electron chi connectivity index (χ1n) is 6.61. The van der Waals surface area contributed by atoms with Gasteiger partial charge < -0.3 is 15.5 Å². The molecule has 1 saturated heterocycles. The molecule has 1 amide bonds. The first kappa shape index (κ1) is 14.5. The fourth-order valence-electron chi connectivity index (χ4n) is 2.27. The van der Waals surface area contributed by atoms with Crippen LogP contribution in [0.5, 0.6) is 0 Å². The predicted molar refractivity (Wildman–Crippen MR) is 71.0 cm³/mol. The SMILES string of the molecule is CNC(=O)C1CCCN(CCNC(C)(C)C)C1. The van der Waals surface area contributed by atoms with Gasteiger partial charge in [0.15, 0.2) is 0 Å². The van der Waals surface area contributed by atoms with Gasteiger partial charge in [0.2, 0.25) is 5.91 Å². The van der Waals surface area contributed by atoms with E-state index in [1.54, 1.807) is 7.05 Å². The zero-order chi connectivity index (χ0) is 12.9. The van der Waals surface area contributed by atoms with Gasteiger partial charge in [-0.15, -0.1) is 0 Å². The highest BCUT2D eigenvalue weighted by Gasteiger charge is 2.24. The van der Waals surface area contributed by atoms with Gasteiger partial charge in [-0.25, -0.2) is 0 Å². The maximum Gasteiger partial charge on any atom is 0.224 e. The van der Waals surface area contributed by atoms with Gasteiger partial charge in [-0.3, -0.25) is 4.79 Å². The summed E-state index contributed by atoms with van der Waals surface area (Å²) >= 11 is 0. The third-order valence-electron chi connectivity index (χ3n) is 3.21. The van der Waals surface area contributed by atoms with E-state index in [0.29, 0.717) is 0 Å². The van der Waals surface area contributed by atoms with E-state index in [2.05, 4.69) is 36.3 Å². The fraction of sp³-hybridized carbons (Fsp3) is 0.923. The molecule has 1 heterocycles. The van der Waals surface area contributed by atoms with Crippen molar-refractivity contribution in [2.75, 3.05) is 33.2 Å². The number of rotatable bonds is 4. The fourth-order valence-corrected chi connectivity index (χ4v) is 2.27. The van der Waals surface area contributed by atoms with E-state index in [9.17, 15) is 4.79 Å². The van der Waals surface area contributed by atoms with Crippen molar-refractivity contribution in [3.8, 4) is 0 Å². The molecule has 1 unspecified atom stereocenters. The van der Waals surface area contributed by atoms with Gasteiger partial charge in [-0.1, -0.05) is 0 Å². The second-order valence-electron chi connectivity index (χ2n) is 5.93. The largest absolute Gasteiger partial charge is 0.359 e. The summed E-state index contributed by atoms with van der Waals surface area (Å²) in [7, 11) is 1.72. The van der Waals surface area contributed by atoms with Crippen molar-refractivity contribution >= 4 is 5.91 Å². The lowest BCUT2D eigenvalue weighted by molar-refractivity contribution is -0.126. The monoisotopic (exact) mass is 241 g/mol. The summed E-state index contributed by atoms with van der Waals surface area (Å²) in [6.07, 6.45) is 2.16. The minimum absolute atomic E-state index is 0.177. The Morgan fingerprint density at radius 3 is 2.71 bits per heavy atom. The second kappa shape index (κ2) is 6.36. The highest BCUT2D eigenvalue weighted by molar-refractivity contribution is 5.78. The molecule has 1 aliphatic rings. The number of likely N-dealkylation sites (tertiary alicyclic amines) is 1. The third-order valence-corrected chi connectivity index (χ3v) is 3.21. The van der Waals surface area contributed by atoms with Crippen LogP contribution in [-0.4, -0.2) is 49.6 Å². The van der Waals surface area contributed by atoms with Crippen LogP contribution < -0.4 is 10.6 Å². The van der Waals surface area contributed by atoms with Crippen LogP contribution in [0.25, 0.3) is 0 Å². The minimum Gasteiger partial charge on any atom is -0.359 e. The summed E-state index contributed by atoms with van der Waals surface area (Å²) in [4.78, 5) is 14.0. The molecule has 0 aromatic heterocycles. The molecule has 0 aromatic rings. The third kappa shape index (κ3) is 5.50. The van der Waals surface area contributed by atoms with E-state index in [4.69, 9.17) is 0 Å². The first-order chi connectivity index (χ1) is 7.92. The van der Waals surface area contributed by atoms with Gasteiger partial charge in [0.05, 0.1) is 5.92 Å². The Morgan fingerprint density at radius 2 is 2.12 bits per heavy atom. The summed E-state index contributed by atoms with van der Waals surface area (Å²) in [5.74, 6) is 0.377. The van der Waals surface area contributed by atoms with Crippen molar-refractivity contribution in [1.82, 2.24) is 15.5 Å². The molecule has 1 fully saturated rings. The topological polar surface area (TPSA) is 44.4 Å². The Morgan fingerprint density at radius 1 is 1.41 bits per heavy atom. The molecule has 0 radical (unpaired) electrons. The molecular weight excluding hydrogens is 214 g/mol. The molecule has 0 aromatic carbocycles. The Kier molecular flexibility index (Phi) is 5.40. The number of carbonyl (C=O) groups is 1. The molecule has 4 heteroatoms. The van der Waals surface area contributed by atoms with Crippen molar-refractivity contribution < 1.29 is 4.79 Å². The van der Waals surface area contributed by atoms with Crippen molar-refractivity contribution in [2.45, 2.75) is 39.2 Å². The van der Waals surface area contributed by atoms with Gasteiger partial charge in [-0.05, 0) is 40.2 Å². The van der Waals surface area contributed by atoms with Gasteiger partial charge in [0.1, 0.15) is 0 Å². The zero-order valence-corrected chi connectivity index (χ0v) is 11.7. The van der Waals surface area contributed by atoms with Crippen LogP contribution in [0, 0.1) is 5.92 Å². The minimum atomic E-state index is 0.177. The smallest absolute Gasteiger partial charge is 0.224 e. The lowest BCUT2D eigenvalue weighted by atomic mass is 9.97. The molecule has 1 atom stereocenters. The van der Waals surface area contributed by atoms with Crippen LogP contribution in [-0.2, 0) is 4.79 Å². The molecule has 0 bridgehead atoms. The van der Waals surface area contributed by atoms with E-state index in [1.165, 1.54) is 0 Å². The van der Waals surface area contributed by atoms with E-state index in [-0.39, 0.29) is 17.4 Å². The Labute approximate surface area is 105 Å². The quantitative estimate of drug-likeness (QED) is 0.766. The number of carbonyl (C=O) groups excluding carboxylic acids is 1. The van der Waals surface area contributed by atoms with Crippen LogP contribution in [0.1, 0.15) is 33.6 Å². The summed E-state index contributed by atoms with van der Waals surface area (Å²) in [5.41, 5.74) is 0.177. The predicted octanol–water partition coefficient (Wildman–Crippen LogP) is 0.833. The van der Waals surface area contributed by atoms with Gasteiger partial charge in [0, 0.05) is 32.2 Å². The van der Waals surface area contributed by atoms with E-state index in [1.807, 2.05) is 0 Å². The van der Waals surface area contributed by atoms with E-state index in [0.717, 1.165) is 39.0 Å². The molecule has 0 aliphatic carbocycles. The number of hydrogen-bond donors (Lipinski definition) is 2. The Hall–Kier alpha value is -0.610. The van der Waals surface area contributed by atoms with Gasteiger partial charge in [0.25, 0.3) is 0 Å². The molecule has 2 N–H and O–H groups in total. The van der Waals surface area contributed by atoms with Crippen LogP contribution in [0.3, 0.4) is 0 Å². The molecule has 4 nitrogen and oxygen atoms in total. The first-order valence-corrected chi connectivity index (χ1v) is 6.61. The van der Waals surface area contributed by atoms with Crippen LogP contribution in [0.15, 0.2) is 0 Å². The van der Waals surface area contributed by atoms with Crippen molar-refractivity contribution in [3.05, 3.63) is 0 Å². The summed E-state index contributed by atoms with van der Waals surface area (Å²) in [6, 6.07) is 0. The molecule has 1 aliphatic heterocycles. The van der Waals surface area contributed by atoms with Crippen molar-refractivity contribution in [2.24, 2.45) is 5.92 Å². The Balaban J connectivity index is 2.28. The average molecular weight is 241 g/mol. The molecule has 0 saturated carbocycles. The molecule has 17 heavy (non-hydrogen) atoms. The lowest BCUT2D eigenvalue weighted by Crippen LogP contribution is -2.46. The number of hydrogen-bond acceptors (Lipinski definition) is 3. The molecule has 0 spiro atoms. The number of nitrogens with one attached hydrogen (secondary N) is 2. The maximum absolute atomic E-state index is 11.6. The summed E-state index contributed by atoms with van der Waals surface area (Å²) in [5, 5.41) is 6.24. The Bertz CT molecular complexity index is 248.